The van der Waals surface area contributed by atoms with Gasteiger partial charge in [-0.05, 0) is 66.2 Å². The van der Waals surface area contributed by atoms with Crippen LogP contribution in [0, 0.1) is 5.92 Å². The molecule has 0 aliphatic carbocycles. The molecular weight excluding hydrogens is 589 g/mol. The van der Waals surface area contributed by atoms with Gasteiger partial charge in [-0.15, -0.1) is 13.2 Å². The molecule has 0 atom stereocenters. The number of fused-ring (bicyclic) bond motifs is 1. The lowest BCUT2D eigenvalue weighted by Gasteiger charge is -2.12. The van der Waals surface area contributed by atoms with Crippen LogP contribution in [0.1, 0.15) is 40.3 Å². The third-order valence-corrected chi connectivity index (χ3v) is 6.59. The average molecular weight is 617 g/mol. The van der Waals surface area contributed by atoms with E-state index in [1.807, 2.05) is 0 Å². The lowest BCUT2D eigenvalue weighted by atomic mass is 10.1. The number of carbonyl (C=O) groups is 3. The van der Waals surface area contributed by atoms with Gasteiger partial charge in [-0.3, -0.25) is 14.4 Å². The van der Waals surface area contributed by atoms with E-state index in [9.17, 15) is 27.6 Å². The standard InChI is InChI=1S/C30H28ClF3N4O5/c1-17(2)27(39)35-15-18-4-10-24(31)23(12-18)28(40)37-21-7-11-25-19(13-21)14-26(38(25)16-42-3)29(41)36-20-5-8-22(9-6-20)43-30(32,33)34/h4-14,17H,15-16H2,1-3H3,(H,35,39)(H,36,41)(H,37,40). The molecule has 0 aliphatic rings. The van der Waals surface area contributed by atoms with Gasteiger partial charge >= 0.3 is 6.36 Å². The van der Waals surface area contributed by atoms with Crippen molar-refractivity contribution in [3.63, 3.8) is 0 Å². The zero-order valence-corrected chi connectivity index (χ0v) is 24.1. The number of anilines is 2. The maximum Gasteiger partial charge on any atom is 0.573 e. The number of aromatic nitrogens is 1. The zero-order chi connectivity index (χ0) is 31.3. The summed E-state index contributed by atoms with van der Waals surface area (Å²) in [4.78, 5) is 38.2. The average Bonchev–Trinajstić information content (AvgIpc) is 3.30. The van der Waals surface area contributed by atoms with Gasteiger partial charge in [0, 0.05) is 36.3 Å². The summed E-state index contributed by atoms with van der Waals surface area (Å²) in [6, 6.07) is 16.3. The number of hydrogen-bond donors (Lipinski definition) is 3. The first-order chi connectivity index (χ1) is 20.3. The third kappa shape index (κ3) is 8.05. The van der Waals surface area contributed by atoms with Gasteiger partial charge in [0.05, 0.1) is 16.1 Å². The molecule has 13 heteroatoms. The fourth-order valence-electron chi connectivity index (χ4n) is 4.19. The van der Waals surface area contributed by atoms with Crippen LogP contribution in [0.15, 0.2) is 66.7 Å². The van der Waals surface area contributed by atoms with Crippen LogP contribution in [-0.2, 0) is 22.8 Å². The van der Waals surface area contributed by atoms with E-state index < -0.39 is 23.9 Å². The van der Waals surface area contributed by atoms with Crippen molar-refractivity contribution in [2.45, 2.75) is 33.5 Å². The van der Waals surface area contributed by atoms with Gasteiger partial charge in [-0.1, -0.05) is 31.5 Å². The lowest BCUT2D eigenvalue weighted by molar-refractivity contribution is -0.274. The number of methoxy groups -OCH3 is 1. The molecule has 1 heterocycles. The maximum atomic E-state index is 13.1. The first-order valence-electron chi connectivity index (χ1n) is 13.0. The summed E-state index contributed by atoms with van der Waals surface area (Å²) in [5.41, 5.74) is 2.48. The van der Waals surface area contributed by atoms with Gasteiger partial charge in [-0.2, -0.15) is 0 Å². The van der Waals surface area contributed by atoms with Crippen molar-refractivity contribution < 1.29 is 37.0 Å². The van der Waals surface area contributed by atoms with Gasteiger partial charge < -0.3 is 30.0 Å². The maximum absolute atomic E-state index is 13.1. The Kier molecular flexibility index (Phi) is 9.62. The molecule has 1 aromatic heterocycles. The van der Waals surface area contributed by atoms with E-state index in [-0.39, 0.29) is 47.1 Å². The molecule has 0 spiro atoms. The zero-order valence-electron chi connectivity index (χ0n) is 23.3. The minimum Gasteiger partial charge on any atom is -0.406 e. The van der Waals surface area contributed by atoms with Crippen LogP contribution in [0.2, 0.25) is 5.02 Å². The largest absolute Gasteiger partial charge is 0.573 e. The summed E-state index contributed by atoms with van der Waals surface area (Å²) in [7, 11) is 1.47. The van der Waals surface area contributed by atoms with Crippen LogP contribution >= 0.6 is 11.6 Å². The number of ether oxygens (including phenoxy) is 2. The summed E-state index contributed by atoms with van der Waals surface area (Å²) in [5.74, 6) is -1.70. The predicted molar refractivity (Wildman–Crippen MR) is 156 cm³/mol. The Morgan fingerprint density at radius 2 is 1.58 bits per heavy atom. The smallest absolute Gasteiger partial charge is 0.406 e. The first-order valence-corrected chi connectivity index (χ1v) is 13.4. The van der Waals surface area contributed by atoms with Crippen LogP contribution in [0.3, 0.4) is 0 Å². The number of alkyl halides is 3. The van der Waals surface area contributed by atoms with Crippen molar-refractivity contribution in [1.29, 1.82) is 0 Å². The predicted octanol–water partition coefficient (Wildman–Crippen LogP) is 6.57. The Labute approximate surface area is 249 Å². The summed E-state index contributed by atoms with van der Waals surface area (Å²) < 4.78 is 48.1. The third-order valence-electron chi connectivity index (χ3n) is 6.26. The molecule has 0 aliphatic heterocycles. The molecule has 4 aromatic rings. The molecule has 0 fully saturated rings. The van der Waals surface area contributed by atoms with Crippen LogP contribution in [-0.4, -0.2) is 35.8 Å². The minimum absolute atomic E-state index is 0.0338. The highest BCUT2D eigenvalue weighted by atomic mass is 35.5. The molecule has 9 nitrogen and oxygen atoms in total. The van der Waals surface area contributed by atoms with Crippen molar-refractivity contribution in [3.05, 3.63) is 88.6 Å². The van der Waals surface area contributed by atoms with E-state index in [0.29, 0.717) is 22.2 Å². The monoisotopic (exact) mass is 616 g/mol. The molecule has 226 valence electrons. The fourth-order valence-corrected chi connectivity index (χ4v) is 4.39. The first kappa shape index (κ1) is 31.4. The molecule has 0 saturated carbocycles. The van der Waals surface area contributed by atoms with Crippen molar-refractivity contribution in [1.82, 2.24) is 9.88 Å². The summed E-state index contributed by atoms with van der Waals surface area (Å²) in [6.45, 7) is 3.84. The van der Waals surface area contributed by atoms with Crippen molar-refractivity contribution >= 4 is 51.6 Å². The lowest BCUT2D eigenvalue weighted by Crippen LogP contribution is -2.27. The number of hydrogen-bond acceptors (Lipinski definition) is 5. The summed E-state index contributed by atoms with van der Waals surface area (Å²) in [5, 5.41) is 9.11. The number of amides is 3. The normalized spacial score (nSPS) is 11.4. The van der Waals surface area contributed by atoms with E-state index in [2.05, 4.69) is 20.7 Å². The van der Waals surface area contributed by atoms with Crippen molar-refractivity contribution in [3.8, 4) is 5.75 Å². The fraction of sp³-hybridized carbons (Fsp3) is 0.233. The van der Waals surface area contributed by atoms with Crippen LogP contribution in [0.5, 0.6) is 5.75 Å². The number of carbonyl (C=O) groups excluding carboxylic acids is 3. The number of benzene rings is 3. The second-order valence-electron chi connectivity index (χ2n) is 9.82. The highest BCUT2D eigenvalue weighted by molar-refractivity contribution is 6.34. The highest BCUT2D eigenvalue weighted by Crippen LogP contribution is 2.27. The van der Waals surface area contributed by atoms with Gasteiger partial charge in [0.25, 0.3) is 11.8 Å². The molecule has 43 heavy (non-hydrogen) atoms. The Bertz CT molecular complexity index is 1650. The van der Waals surface area contributed by atoms with E-state index in [1.54, 1.807) is 60.9 Å². The number of rotatable bonds is 10. The molecule has 0 unspecified atom stereocenters. The molecule has 3 amide bonds. The van der Waals surface area contributed by atoms with Gasteiger partial charge in [0.15, 0.2) is 0 Å². The van der Waals surface area contributed by atoms with Crippen molar-refractivity contribution in [2.24, 2.45) is 5.92 Å². The summed E-state index contributed by atoms with van der Waals surface area (Å²) >= 11 is 6.30. The molecule has 0 bridgehead atoms. The SMILES string of the molecule is COCn1c(C(=O)Nc2ccc(OC(F)(F)F)cc2)cc2cc(NC(=O)c3cc(CNC(=O)C(C)C)ccc3Cl)ccc21. The Morgan fingerprint density at radius 3 is 2.23 bits per heavy atom. The van der Waals surface area contributed by atoms with E-state index in [1.165, 1.54) is 19.2 Å². The van der Waals surface area contributed by atoms with Gasteiger partial charge in [0.1, 0.15) is 18.2 Å². The second-order valence-corrected chi connectivity index (χ2v) is 10.2. The molecule has 3 aromatic carbocycles. The molecule has 4 rings (SSSR count). The molecular formula is C30H28ClF3N4O5. The Morgan fingerprint density at radius 1 is 0.907 bits per heavy atom. The molecule has 0 saturated heterocycles. The Balaban J connectivity index is 1.52. The molecule has 0 radical (unpaired) electrons. The van der Waals surface area contributed by atoms with E-state index in [4.69, 9.17) is 16.3 Å². The van der Waals surface area contributed by atoms with Crippen molar-refractivity contribution in [2.75, 3.05) is 17.7 Å². The summed E-state index contributed by atoms with van der Waals surface area (Å²) in [6.07, 6.45) is -4.83. The number of halogens is 4. The number of nitrogens with one attached hydrogen (secondary N) is 3. The number of nitrogens with zero attached hydrogens (tertiary/aromatic N) is 1. The highest BCUT2D eigenvalue weighted by Gasteiger charge is 2.31. The quantitative estimate of drug-likeness (QED) is 0.187. The van der Waals surface area contributed by atoms with Crippen LogP contribution in [0.4, 0.5) is 24.5 Å². The topological polar surface area (TPSA) is 111 Å². The Hall–Kier alpha value is -4.55. The minimum atomic E-state index is -4.83. The van der Waals surface area contributed by atoms with Gasteiger partial charge in [-0.25, -0.2) is 0 Å². The van der Waals surface area contributed by atoms with Crippen LogP contribution in [0.25, 0.3) is 10.9 Å². The second kappa shape index (κ2) is 13.2. The van der Waals surface area contributed by atoms with Gasteiger partial charge in [0.2, 0.25) is 5.91 Å². The van der Waals surface area contributed by atoms with E-state index >= 15 is 0 Å². The van der Waals surface area contributed by atoms with E-state index in [0.717, 1.165) is 12.1 Å². The molecule has 3 N–H and O–H groups in total. The van der Waals surface area contributed by atoms with Crippen LogP contribution < -0.4 is 20.7 Å².